The number of anilines is 6. The maximum atomic E-state index is 2.73. The molecule has 2 aromatic heterocycles. The third-order valence-corrected chi connectivity index (χ3v) is 19.4. The molecule has 5 heteroatoms. The number of benzene rings is 13. The molecule has 0 bridgehead atoms. The third-order valence-electron chi connectivity index (χ3n) is 19.4. The van der Waals surface area contributed by atoms with Crippen molar-refractivity contribution in [3.05, 3.63) is 308 Å². The number of hydrogen-bond acceptors (Lipinski definition) is 2. The Morgan fingerprint density at radius 1 is 0.330 bits per heavy atom. The zero-order chi connectivity index (χ0) is 60.9. The van der Waals surface area contributed by atoms with Crippen LogP contribution in [0.5, 0.6) is 0 Å². The summed E-state index contributed by atoms with van der Waals surface area (Å²) in [6, 6.07) is 112. The van der Waals surface area contributed by atoms with Crippen molar-refractivity contribution in [3.63, 3.8) is 0 Å². The molecule has 434 valence electrons. The smallest absolute Gasteiger partial charge is 0.252 e. The van der Waals surface area contributed by atoms with Crippen LogP contribution in [0.25, 0.3) is 99.5 Å². The highest BCUT2D eigenvalue weighted by Crippen LogP contribution is 2.54. The van der Waals surface area contributed by atoms with Crippen LogP contribution in [0, 0.1) is 0 Å². The number of nitrogens with zero attached hydrogens (tertiary/aromatic N) is 4. The van der Waals surface area contributed by atoms with Gasteiger partial charge in [0.1, 0.15) is 0 Å². The van der Waals surface area contributed by atoms with E-state index >= 15 is 0 Å². The van der Waals surface area contributed by atoms with E-state index in [1.165, 1.54) is 111 Å². The largest absolute Gasteiger partial charge is 0.310 e. The average Bonchev–Trinajstić information content (AvgIpc) is 1.18. The normalized spacial score (nSPS) is 12.7. The standard InChI is InChI=1S/C86H67BN4/c1-5-6-28-61-37-27-42-66(58-31-13-8-14-32-58)84(61)90-79-55-64(88-75-43-23-19-38-67(75)68-39-20-24-44-76(68)88)47-49-73(79)87-74-50-48-65(89-77-45-25-21-40-69(77)70-41-22-26-46-78(70)89)56-80(74)91(82-54-63(86(2,3)4)53-81(90)83(82)87)85-71(59-33-15-9-16-34-59)51-62(57-29-11-7-12-30-57)52-72(85)60-35-17-10-18-36-60/h7-27,29-56H,5-6,28H2,1-4H3. The maximum absolute atomic E-state index is 2.73. The Labute approximate surface area is 533 Å². The molecule has 0 fully saturated rings. The van der Waals surface area contributed by atoms with Gasteiger partial charge in [0.2, 0.25) is 0 Å². The van der Waals surface area contributed by atoms with E-state index in [4.69, 9.17) is 0 Å². The molecule has 0 atom stereocenters. The third kappa shape index (κ3) is 8.81. The number of fused-ring (bicyclic) bond motifs is 10. The summed E-state index contributed by atoms with van der Waals surface area (Å²) in [5.41, 5.74) is 29.5. The minimum atomic E-state index is -0.278. The average molecular weight is 1170 g/mol. The molecule has 91 heavy (non-hydrogen) atoms. The highest BCUT2D eigenvalue weighted by atomic mass is 15.2. The van der Waals surface area contributed by atoms with Crippen LogP contribution in [0.2, 0.25) is 0 Å². The maximum Gasteiger partial charge on any atom is 0.252 e. The molecule has 4 heterocycles. The van der Waals surface area contributed by atoms with Gasteiger partial charge in [-0.05, 0) is 146 Å². The lowest BCUT2D eigenvalue weighted by Crippen LogP contribution is -2.61. The van der Waals surface area contributed by atoms with Crippen LogP contribution in [0.4, 0.5) is 34.1 Å². The van der Waals surface area contributed by atoms with Gasteiger partial charge in [0, 0.05) is 72.4 Å². The lowest BCUT2D eigenvalue weighted by atomic mass is 9.33. The first-order chi connectivity index (χ1) is 44.8. The van der Waals surface area contributed by atoms with E-state index < -0.39 is 0 Å². The van der Waals surface area contributed by atoms with E-state index in [0.29, 0.717) is 0 Å². The van der Waals surface area contributed by atoms with Crippen molar-refractivity contribution >= 4 is 101 Å². The fourth-order valence-corrected chi connectivity index (χ4v) is 15.2. The molecule has 0 aliphatic carbocycles. The summed E-state index contributed by atoms with van der Waals surface area (Å²) >= 11 is 0. The number of para-hydroxylation sites is 5. The molecular weight excluding hydrogens is 1100 g/mol. The first-order valence-electron chi connectivity index (χ1n) is 32.3. The zero-order valence-corrected chi connectivity index (χ0v) is 51.8. The molecule has 17 rings (SSSR count). The molecule has 2 aliphatic heterocycles. The van der Waals surface area contributed by atoms with Crippen LogP contribution in [0.3, 0.4) is 0 Å². The Kier molecular flexibility index (Phi) is 13.0. The molecule has 0 saturated heterocycles. The first-order valence-corrected chi connectivity index (χ1v) is 32.3. The van der Waals surface area contributed by atoms with Crippen LogP contribution >= 0.6 is 0 Å². The number of unbranched alkanes of at least 4 members (excludes halogenated alkanes) is 1. The monoisotopic (exact) mass is 1170 g/mol. The fraction of sp³-hybridized carbons (Fsp3) is 0.0930. The minimum absolute atomic E-state index is 0.178. The molecule has 0 radical (unpaired) electrons. The number of hydrogen-bond donors (Lipinski definition) is 0. The molecule has 2 aliphatic rings. The highest BCUT2D eigenvalue weighted by molar-refractivity contribution is 7.00. The summed E-state index contributed by atoms with van der Waals surface area (Å²) in [4.78, 5) is 5.45. The molecule has 0 N–H and O–H groups in total. The van der Waals surface area contributed by atoms with Gasteiger partial charge in [0.15, 0.2) is 0 Å². The molecule has 15 aromatic rings. The van der Waals surface area contributed by atoms with Crippen LogP contribution < -0.4 is 26.2 Å². The summed E-state index contributed by atoms with van der Waals surface area (Å²) in [5.74, 6) is 0. The van der Waals surface area contributed by atoms with Gasteiger partial charge >= 0.3 is 0 Å². The molecule has 0 unspecified atom stereocenters. The second-order valence-corrected chi connectivity index (χ2v) is 25.8. The van der Waals surface area contributed by atoms with Crippen molar-refractivity contribution in [3.8, 4) is 55.9 Å². The molecular formula is C86H67BN4. The zero-order valence-electron chi connectivity index (χ0n) is 51.8. The van der Waals surface area contributed by atoms with Crippen molar-refractivity contribution in [2.24, 2.45) is 0 Å². The minimum Gasteiger partial charge on any atom is -0.310 e. The predicted octanol–water partition coefficient (Wildman–Crippen LogP) is 21.3. The van der Waals surface area contributed by atoms with Crippen LogP contribution in [0.1, 0.15) is 51.7 Å². The van der Waals surface area contributed by atoms with E-state index in [1.807, 2.05) is 0 Å². The van der Waals surface area contributed by atoms with E-state index in [9.17, 15) is 0 Å². The molecule has 13 aromatic carbocycles. The van der Waals surface area contributed by atoms with Crippen LogP contribution in [-0.4, -0.2) is 15.8 Å². The topological polar surface area (TPSA) is 16.3 Å². The van der Waals surface area contributed by atoms with Gasteiger partial charge in [-0.2, -0.15) is 0 Å². The van der Waals surface area contributed by atoms with Gasteiger partial charge < -0.3 is 18.9 Å². The Hall–Kier alpha value is -10.9. The van der Waals surface area contributed by atoms with Gasteiger partial charge in [-0.15, -0.1) is 0 Å². The number of rotatable bonds is 11. The van der Waals surface area contributed by atoms with Crippen molar-refractivity contribution in [2.75, 3.05) is 9.80 Å². The summed E-state index contributed by atoms with van der Waals surface area (Å²) in [6.45, 7) is 9.33. The Morgan fingerprint density at radius 3 is 1.15 bits per heavy atom. The lowest BCUT2D eigenvalue weighted by molar-refractivity contribution is 0.590. The molecule has 4 nitrogen and oxygen atoms in total. The first kappa shape index (κ1) is 54.3. The van der Waals surface area contributed by atoms with Gasteiger partial charge in [0.05, 0.1) is 33.4 Å². The van der Waals surface area contributed by atoms with E-state index in [2.05, 4.69) is 344 Å². The van der Waals surface area contributed by atoms with Crippen molar-refractivity contribution < 1.29 is 0 Å². The molecule has 0 saturated carbocycles. The summed E-state index contributed by atoms with van der Waals surface area (Å²) in [6.07, 6.45) is 3.08. The van der Waals surface area contributed by atoms with E-state index in [-0.39, 0.29) is 12.1 Å². The van der Waals surface area contributed by atoms with E-state index in [1.54, 1.807) is 0 Å². The SMILES string of the molecule is CCCCc1cccc(-c2ccccc2)c1N1c2cc(-n3c4ccccc4c4ccccc43)ccc2B2c3ccc(-n4c5ccccc5c5ccccc54)cc3N(c3c(-c4ccccc4)cc(-c4ccccc4)cc3-c3ccccc3)c3cc(C(C)(C)C)cc1c32. The predicted molar refractivity (Wildman–Crippen MR) is 388 cm³/mol. The van der Waals surface area contributed by atoms with Crippen LogP contribution in [-0.2, 0) is 11.8 Å². The molecule has 0 spiro atoms. The van der Waals surface area contributed by atoms with Crippen LogP contribution in [0.15, 0.2) is 297 Å². The summed E-state index contributed by atoms with van der Waals surface area (Å²) in [7, 11) is 0. The lowest BCUT2D eigenvalue weighted by Gasteiger charge is -2.46. The van der Waals surface area contributed by atoms with Crippen molar-refractivity contribution in [2.45, 2.75) is 52.4 Å². The van der Waals surface area contributed by atoms with Crippen molar-refractivity contribution in [1.29, 1.82) is 0 Å². The quantitative estimate of drug-likeness (QED) is 0.120. The van der Waals surface area contributed by atoms with Gasteiger partial charge in [0.25, 0.3) is 6.71 Å². The van der Waals surface area contributed by atoms with Crippen molar-refractivity contribution in [1.82, 2.24) is 9.13 Å². The van der Waals surface area contributed by atoms with Gasteiger partial charge in [-0.1, -0.05) is 259 Å². The second-order valence-electron chi connectivity index (χ2n) is 25.8. The summed E-state index contributed by atoms with van der Waals surface area (Å²) in [5, 5.41) is 4.97. The Morgan fingerprint density at radius 2 is 0.725 bits per heavy atom. The van der Waals surface area contributed by atoms with E-state index in [0.717, 1.165) is 69.8 Å². The highest BCUT2D eigenvalue weighted by Gasteiger charge is 2.46. The Bertz CT molecular complexity index is 5160. The second kappa shape index (κ2) is 21.7. The Balaban J connectivity index is 1.05. The van der Waals surface area contributed by atoms with Gasteiger partial charge in [-0.25, -0.2) is 0 Å². The number of aromatic nitrogens is 2. The summed E-state index contributed by atoms with van der Waals surface area (Å²) < 4.78 is 5.00. The fourth-order valence-electron chi connectivity index (χ4n) is 15.2. The van der Waals surface area contributed by atoms with Gasteiger partial charge in [-0.3, -0.25) is 0 Å². The molecule has 0 amide bonds. The number of aryl methyl sites for hydroxylation is 1.